The summed E-state index contributed by atoms with van der Waals surface area (Å²) in [4.78, 5) is 13.9. The van der Waals surface area contributed by atoms with Crippen LogP contribution in [0.5, 0.6) is 0 Å². The number of benzene rings is 1. The summed E-state index contributed by atoms with van der Waals surface area (Å²) in [6, 6.07) is 7.89. The van der Waals surface area contributed by atoms with Crippen LogP contribution in [0.15, 0.2) is 29.6 Å². The molecule has 1 aromatic carbocycles. The fraction of sp³-hybridized carbons (Fsp3) is 0.400. The van der Waals surface area contributed by atoms with Crippen molar-refractivity contribution in [1.82, 2.24) is 4.90 Å². The Bertz CT molecular complexity index is 588. The first-order valence-corrected chi connectivity index (χ1v) is 8.85. The highest BCUT2D eigenvalue weighted by atomic mass is 35.5. The van der Waals surface area contributed by atoms with Gasteiger partial charge in [0.05, 0.1) is 6.04 Å². The van der Waals surface area contributed by atoms with Crippen LogP contribution < -0.4 is 5.73 Å². The minimum Gasteiger partial charge on any atom is -0.340 e. The molecule has 6 heteroatoms. The van der Waals surface area contributed by atoms with Crippen molar-refractivity contribution >= 4 is 51.5 Å². The van der Waals surface area contributed by atoms with E-state index in [-0.39, 0.29) is 18.3 Å². The second-order valence-corrected chi connectivity index (χ2v) is 6.74. The summed E-state index contributed by atoms with van der Waals surface area (Å²) in [6.45, 7) is 0.621. The minimum absolute atomic E-state index is 0. The van der Waals surface area contributed by atoms with Gasteiger partial charge in [-0.1, -0.05) is 18.2 Å². The van der Waals surface area contributed by atoms with Gasteiger partial charge >= 0.3 is 0 Å². The standard InChI is InChI=1S/C15H20N2OS2.ClH/c1-17(15(18)13(16)7-8-19-2)9-11-10-20-14-6-4-3-5-12(11)14;/h3-6,10,13H,7-9,16H2,1-2H3;1H/t13-;/m0./s1. The molecule has 2 rings (SSSR count). The molecule has 0 saturated carbocycles. The molecular weight excluding hydrogens is 324 g/mol. The predicted molar refractivity (Wildman–Crippen MR) is 96.5 cm³/mol. The summed E-state index contributed by atoms with van der Waals surface area (Å²) in [5.41, 5.74) is 7.14. The molecule has 0 unspecified atom stereocenters. The van der Waals surface area contributed by atoms with Crippen molar-refractivity contribution in [1.29, 1.82) is 0 Å². The van der Waals surface area contributed by atoms with E-state index in [0.717, 1.165) is 12.2 Å². The molecule has 0 spiro atoms. The van der Waals surface area contributed by atoms with E-state index >= 15 is 0 Å². The molecule has 0 fully saturated rings. The van der Waals surface area contributed by atoms with Crippen molar-refractivity contribution in [2.75, 3.05) is 19.1 Å². The molecule has 116 valence electrons. The zero-order valence-electron chi connectivity index (χ0n) is 12.2. The number of likely N-dealkylation sites (N-methyl/N-ethyl adjacent to an activating group) is 1. The molecule has 21 heavy (non-hydrogen) atoms. The zero-order valence-corrected chi connectivity index (χ0v) is 14.7. The Hall–Kier alpha value is -0.750. The highest BCUT2D eigenvalue weighted by Gasteiger charge is 2.18. The van der Waals surface area contributed by atoms with Gasteiger partial charge in [0, 0.05) is 18.3 Å². The number of thiophene rings is 1. The topological polar surface area (TPSA) is 46.3 Å². The second-order valence-electron chi connectivity index (χ2n) is 4.84. The number of nitrogens with zero attached hydrogens (tertiary/aromatic N) is 1. The monoisotopic (exact) mass is 344 g/mol. The Kier molecular flexibility index (Phi) is 7.52. The quantitative estimate of drug-likeness (QED) is 0.874. The van der Waals surface area contributed by atoms with E-state index in [1.54, 1.807) is 28.0 Å². The summed E-state index contributed by atoms with van der Waals surface area (Å²) in [7, 11) is 1.83. The number of amides is 1. The summed E-state index contributed by atoms with van der Waals surface area (Å²) in [6.07, 6.45) is 2.76. The molecule has 0 aliphatic heterocycles. The first kappa shape index (κ1) is 18.3. The number of halogens is 1. The Morgan fingerprint density at radius 1 is 1.43 bits per heavy atom. The number of carbonyl (C=O) groups excluding carboxylic acids is 1. The van der Waals surface area contributed by atoms with Crippen molar-refractivity contribution in [3.8, 4) is 0 Å². The SMILES string of the molecule is CSCC[C@H](N)C(=O)N(C)Cc1csc2ccccc12.Cl. The van der Waals surface area contributed by atoms with Crippen molar-refractivity contribution in [2.24, 2.45) is 5.73 Å². The van der Waals surface area contributed by atoms with Crippen molar-refractivity contribution < 1.29 is 4.79 Å². The van der Waals surface area contributed by atoms with Gasteiger partial charge in [-0.05, 0) is 40.8 Å². The van der Waals surface area contributed by atoms with Crippen LogP contribution in [0.25, 0.3) is 10.1 Å². The van der Waals surface area contributed by atoms with Gasteiger partial charge in [-0.2, -0.15) is 11.8 Å². The van der Waals surface area contributed by atoms with Gasteiger partial charge in [0.25, 0.3) is 0 Å². The zero-order chi connectivity index (χ0) is 14.5. The summed E-state index contributed by atoms with van der Waals surface area (Å²) < 4.78 is 1.26. The highest BCUT2D eigenvalue weighted by Crippen LogP contribution is 2.26. The number of hydrogen-bond donors (Lipinski definition) is 1. The van der Waals surface area contributed by atoms with Crippen LogP contribution in [0, 0.1) is 0 Å². The van der Waals surface area contributed by atoms with Gasteiger partial charge in [0.15, 0.2) is 0 Å². The number of nitrogens with two attached hydrogens (primary N) is 1. The third kappa shape index (κ3) is 4.61. The Morgan fingerprint density at radius 3 is 2.86 bits per heavy atom. The van der Waals surface area contributed by atoms with Crippen LogP contribution in [0.4, 0.5) is 0 Å². The lowest BCUT2D eigenvalue weighted by molar-refractivity contribution is -0.131. The average Bonchev–Trinajstić information content (AvgIpc) is 2.87. The first-order chi connectivity index (χ1) is 9.63. The largest absolute Gasteiger partial charge is 0.340 e. The lowest BCUT2D eigenvalue weighted by Crippen LogP contribution is -2.41. The number of hydrogen-bond acceptors (Lipinski definition) is 4. The van der Waals surface area contributed by atoms with Crippen LogP contribution in [0.1, 0.15) is 12.0 Å². The van der Waals surface area contributed by atoms with E-state index in [0.29, 0.717) is 6.54 Å². The van der Waals surface area contributed by atoms with Crippen LogP contribution in [0.2, 0.25) is 0 Å². The summed E-state index contributed by atoms with van der Waals surface area (Å²) >= 11 is 3.43. The Labute approximate surface area is 140 Å². The van der Waals surface area contributed by atoms with Crippen molar-refractivity contribution in [2.45, 2.75) is 19.0 Å². The maximum absolute atomic E-state index is 12.2. The number of fused-ring (bicyclic) bond motifs is 1. The van der Waals surface area contributed by atoms with E-state index in [2.05, 4.69) is 17.5 Å². The van der Waals surface area contributed by atoms with E-state index in [1.165, 1.54) is 15.6 Å². The minimum atomic E-state index is -0.391. The van der Waals surface area contributed by atoms with Gasteiger partial charge in [0.1, 0.15) is 0 Å². The van der Waals surface area contributed by atoms with Crippen LogP contribution >= 0.6 is 35.5 Å². The third-order valence-electron chi connectivity index (χ3n) is 3.30. The van der Waals surface area contributed by atoms with Gasteiger partial charge in [-0.25, -0.2) is 0 Å². The number of carbonyl (C=O) groups is 1. The van der Waals surface area contributed by atoms with Gasteiger partial charge in [-0.3, -0.25) is 4.79 Å². The maximum atomic E-state index is 12.2. The first-order valence-electron chi connectivity index (χ1n) is 6.58. The Morgan fingerprint density at radius 2 is 2.14 bits per heavy atom. The molecule has 2 aromatic rings. The number of thioether (sulfide) groups is 1. The molecule has 0 bridgehead atoms. The van der Waals surface area contributed by atoms with Crippen molar-refractivity contribution in [3.05, 3.63) is 35.2 Å². The predicted octanol–water partition coefficient (Wildman–Crippen LogP) is 3.36. The molecule has 1 atom stereocenters. The summed E-state index contributed by atoms with van der Waals surface area (Å²) in [5, 5.41) is 3.36. The number of rotatable bonds is 6. The van der Waals surface area contributed by atoms with Crippen molar-refractivity contribution in [3.63, 3.8) is 0 Å². The fourth-order valence-corrected chi connectivity index (χ4v) is 3.58. The lowest BCUT2D eigenvalue weighted by Gasteiger charge is -2.21. The second kappa shape index (κ2) is 8.63. The molecule has 0 radical (unpaired) electrons. The van der Waals surface area contributed by atoms with E-state index < -0.39 is 6.04 Å². The molecule has 3 nitrogen and oxygen atoms in total. The van der Waals surface area contributed by atoms with E-state index in [4.69, 9.17) is 5.73 Å². The normalized spacial score (nSPS) is 12.0. The molecule has 2 N–H and O–H groups in total. The molecule has 1 heterocycles. The Balaban J connectivity index is 0.00000220. The molecule has 1 amide bonds. The van der Waals surface area contributed by atoms with Crippen LogP contribution in [-0.4, -0.2) is 35.9 Å². The molecule has 0 aliphatic rings. The smallest absolute Gasteiger partial charge is 0.239 e. The third-order valence-corrected chi connectivity index (χ3v) is 4.95. The van der Waals surface area contributed by atoms with Crippen LogP contribution in [-0.2, 0) is 11.3 Å². The molecule has 0 saturated heterocycles. The van der Waals surface area contributed by atoms with Gasteiger partial charge < -0.3 is 10.6 Å². The average molecular weight is 345 g/mol. The lowest BCUT2D eigenvalue weighted by atomic mass is 10.1. The van der Waals surface area contributed by atoms with E-state index in [1.807, 2.05) is 25.4 Å². The fourth-order valence-electron chi connectivity index (χ4n) is 2.14. The molecular formula is C15H21ClN2OS2. The molecule has 1 aromatic heterocycles. The summed E-state index contributed by atoms with van der Waals surface area (Å²) in [5.74, 6) is 0.941. The van der Waals surface area contributed by atoms with Gasteiger partial charge in [0.2, 0.25) is 5.91 Å². The maximum Gasteiger partial charge on any atom is 0.239 e. The van der Waals surface area contributed by atoms with Crippen LogP contribution in [0.3, 0.4) is 0 Å². The molecule has 0 aliphatic carbocycles. The van der Waals surface area contributed by atoms with E-state index in [9.17, 15) is 4.79 Å². The van der Waals surface area contributed by atoms with Gasteiger partial charge in [-0.15, -0.1) is 23.7 Å². The highest BCUT2D eigenvalue weighted by molar-refractivity contribution is 7.98.